The summed E-state index contributed by atoms with van der Waals surface area (Å²) in [6.07, 6.45) is -3.89. The molecule has 1 aliphatic rings. The van der Waals surface area contributed by atoms with E-state index in [1.807, 2.05) is 30.3 Å². The van der Waals surface area contributed by atoms with Crippen molar-refractivity contribution in [1.82, 2.24) is 20.5 Å². The summed E-state index contributed by atoms with van der Waals surface area (Å²) < 4.78 is 44.3. The van der Waals surface area contributed by atoms with Gasteiger partial charge in [-0.25, -0.2) is 4.98 Å². The molecule has 2 N–H and O–H groups in total. The van der Waals surface area contributed by atoms with Crippen molar-refractivity contribution in [3.8, 4) is 17.6 Å². The first-order valence-corrected chi connectivity index (χ1v) is 12.6. The summed E-state index contributed by atoms with van der Waals surface area (Å²) >= 11 is 5.65. The highest BCUT2D eigenvalue weighted by Gasteiger charge is 2.30. The lowest BCUT2D eigenvalue weighted by Crippen LogP contribution is -2.48. The fourth-order valence-corrected chi connectivity index (χ4v) is 4.28. The SMILES string of the molecule is CN1C(=S)[C@@H](NC(=O)c2n[nH]c(Cc3ccccc3)n2)COc2ccc(C#Cc3ccc(C(F)(F)F)cc3)cc21. The van der Waals surface area contributed by atoms with Gasteiger partial charge < -0.3 is 15.0 Å². The summed E-state index contributed by atoms with van der Waals surface area (Å²) in [6, 6.07) is 19.0. The Morgan fingerprint density at radius 3 is 2.52 bits per heavy atom. The number of aromatic amines is 1. The molecular weight excluding hydrogens is 539 g/mol. The lowest BCUT2D eigenvalue weighted by atomic mass is 10.1. The number of thiocarbonyl (C=S) groups is 1. The van der Waals surface area contributed by atoms with Crippen molar-refractivity contribution < 1.29 is 22.7 Å². The number of carbonyl (C=O) groups is 1. The number of fused-ring (bicyclic) bond motifs is 1. The summed E-state index contributed by atoms with van der Waals surface area (Å²) in [4.78, 5) is 19.3. The van der Waals surface area contributed by atoms with E-state index in [-0.39, 0.29) is 12.4 Å². The highest BCUT2D eigenvalue weighted by atomic mass is 32.1. The monoisotopic (exact) mass is 561 g/mol. The fourth-order valence-electron chi connectivity index (χ4n) is 4.05. The number of rotatable bonds is 4. The van der Waals surface area contributed by atoms with Crippen molar-refractivity contribution in [2.24, 2.45) is 0 Å². The molecule has 0 saturated heterocycles. The number of hydrogen-bond donors (Lipinski definition) is 2. The molecule has 202 valence electrons. The van der Waals surface area contributed by atoms with Gasteiger partial charge in [-0.3, -0.25) is 9.89 Å². The summed E-state index contributed by atoms with van der Waals surface area (Å²) in [5.74, 6) is 6.45. The Morgan fingerprint density at radius 1 is 1.10 bits per heavy atom. The number of halogens is 3. The molecule has 1 aromatic heterocycles. The third-order valence-electron chi connectivity index (χ3n) is 6.17. The van der Waals surface area contributed by atoms with Crippen LogP contribution in [0.15, 0.2) is 72.8 Å². The minimum atomic E-state index is -4.40. The van der Waals surface area contributed by atoms with Crippen LogP contribution in [-0.4, -0.2) is 45.8 Å². The van der Waals surface area contributed by atoms with Gasteiger partial charge in [0, 0.05) is 24.6 Å². The molecule has 0 fully saturated rings. The van der Waals surface area contributed by atoms with Gasteiger partial charge in [-0.15, -0.1) is 5.10 Å². The fraction of sp³-hybridized carbons (Fsp3) is 0.172. The van der Waals surface area contributed by atoms with Gasteiger partial charge >= 0.3 is 6.18 Å². The molecule has 4 aromatic rings. The number of likely N-dealkylation sites (N-methyl/N-ethyl adjacent to an activating group) is 1. The topological polar surface area (TPSA) is 83.1 Å². The highest BCUT2D eigenvalue weighted by Crippen LogP contribution is 2.32. The zero-order chi connectivity index (χ0) is 28.3. The first kappa shape index (κ1) is 26.9. The molecule has 0 unspecified atom stereocenters. The zero-order valence-corrected chi connectivity index (χ0v) is 21.9. The van der Waals surface area contributed by atoms with Crippen LogP contribution >= 0.6 is 12.2 Å². The number of carbonyl (C=O) groups excluding carboxylic acids is 1. The Balaban J connectivity index is 1.26. The van der Waals surface area contributed by atoms with Gasteiger partial charge in [0.1, 0.15) is 29.2 Å². The van der Waals surface area contributed by atoms with E-state index in [1.54, 1.807) is 30.1 Å². The van der Waals surface area contributed by atoms with E-state index in [0.29, 0.717) is 39.8 Å². The van der Waals surface area contributed by atoms with Crippen LogP contribution in [0.5, 0.6) is 5.75 Å². The average Bonchev–Trinajstić information content (AvgIpc) is 3.38. The first-order valence-electron chi connectivity index (χ1n) is 12.2. The summed E-state index contributed by atoms with van der Waals surface area (Å²) in [5, 5.41) is 9.68. The number of benzene rings is 3. The Hall–Kier alpha value is -4.69. The van der Waals surface area contributed by atoms with E-state index < -0.39 is 23.7 Å². The molecule has 7 nitrogen and oxygen atoms in total. The van der Waals surface area contributed by atoms with Crippen LogP contribution in [0.2, 0.25) is 0 Å². The smallest absolute Gasteiger partial charge is 0.416 e. The van der Waals surface area contributed by atoms with Gasteiger partial charge in [-0.1, -0.05) is 54.4 Å². The van der Waals surface area contributed by atoms with Gasteiger partial charge in [0.15, 0.2) is 0 Å². The van der Waals surface area contributed by atoms with Crippen molar-refractivity contribution in [1.29, 1.82) is 0 Å². The Labute approximate surface area is 233 Å². The number of ether oxygens (including phenoxy) is 1. The first-order chi connectivity index (χ1) is 19.2. The molecule has 3 aromatic carbocycles. The predicted octanol–water partition coefficient (Wildman–Crippen LogP) is 4.77. The van der Waals surface area contributed by atoms with E-state index in [1.165, 1.54) is 12.1 Å². The standard InChI is InChI=1S/C29H22F3N5O2S/c1-37-23-15-20(8-7-18-9-12-21(13-10-18)29(30,31)32)11-14-24(23)39-17-22(28(37)40)33-27(38)26-34-25(35-36-26)16-19-5-3-2-4-6-19/h2-6,9-15,22H,16-17H2,1H3,(H,33,38)(H,34,35,36)/t22-/m0/s1. The van der Waals surface area contributed by atoms with Crippen LogP contribution in [0.3, 0.4) is 0 Å². The Bertz CT molecular complexity index is 1610. The Kier molecular flexibility index (Phi) is 7.53. The van der Waals surface area contributed by atoms with Crippen molar-refractivity contribution in [3.63, 3.8) is 0 Å². The van der Waals surface area contributed by atoms with Gasteiger partial charge in [-0.2, -0.15) is 13.2 Å². The van der Waals surface area contributed by atoms with E-state index in [2.05, 4.69) is 32.3 Å². The van der Waals surface area contributed by atoms with Crippen LogP contribution in [0.4, 0.5) is 18.9 Å². The molecule has 0 aliphatic carbocycles. The van der Waals surface area contributed by atoms with Crippen molar-refractivity contribution in [3.05, 3.63) is 107 Å². The van der Waals surface area contributed by atoms with E-state index >= 15 is 0 Å². The lowest BCUT2D eigenvalue weighted by Gasteiger charge is -2.23. The summed E-state index contributed by atoms with van der Waals surface area (Å²) in [5.41, 5.74) is 2.01. The third-order valence-corrected chi connectivity index (χ3v) is 6.73. The van der Waals surface area contributed by atoms with Crippen LogP contribution in [0.1, 0.15) is 38.7 Å². The molecule has 1 atom stereocenters. The van der Waals surface area contributed by atoms with Crippen LogP contribution in [0, 0.1) is 11.8 Å². The molecule has 5 rings (SSSR count). The number of amides is 1. The summed E-state index contributed by atoms with van der Waals surface area (Å²) in [6.45, 7) is 0.0970. The number of nitrogens with zero attached hydrogens (tertiary/aromatic N) is 3. The second-order valence-corrected chi connectivity index (χ2v) is 9.43. The maximum Gasteiger partial charge on any atom is 0.416 e. The molecule has 2 heterocycles. The maximum atomic E-state index is 12.9. The molecule has 0 saturated carbocycles. The van der Waals surface area contributed by atoms with E-state index in [0.717, 1.165) is 17.7 Å². The third kappa shape index (κ3) is 6.13. The van der Waals surface area contributed by atoms with Crippen LogP contribution in [0.25, 0.3) is 0 Å². The molecule has 11 heteroatoms. The Morgan fingerprint density at radius 2 is 1.80 bits per heavy atom. The van der Waals surface area contributed by atoms with Crippen molar-refractivity contribution >= 4 is 28.8 Å². The van der Waals surface area contributed by atoms with E-state index in [4.69, 9.17) is 17.0 Å². The predicted molar refractivity (Wildman–Crippen MR) is 147 cm³/mol. The molecular formula is C29H22F3N5O2S. The molecule has 1 amide bonds. The van der Waals surface area contributed by atoms with Gasteiger partial charge in [0.25, 0.3) is 5.91 Å². The number of aromatic nitrogens is 3. The van der Waals surface area contributed by atoms with Crippen molar-refractivity contribution in [2.45, 2.75) is 18.6 Å². The second kappa shape index (κ2) is 11.2. The quantitative estimate of drug-likeness (QED) is 0.276. The molecule has 0 bridgehead atoms. The largest absolute Gasteiger partial charge is 0.489 e. The lowest BCUT2D eigenvalue weighted by molar-refractivity contribution is -0.137. The van der Waals surface area contributed by atoms with Gasteiger partial charge in [0.05, 0.1) is 11.3 Å². The van der Waals surface area contributed by atoms with Crippen LogP contribution < -0.4 is 15.0 Å². The molecule has 0 spiro atoms. The van der Waals surface area contributed by atoms with Crippen molar-refractivity contribution in [2.75, 3.05) is 18.6 Å². The van der Waals surface area contributed by atoms with Crippen LogP contribution in [-0.2, 0) is 12.6 Å². The number of hydrogen-bond acceptors (Lipinski definition) is 5. The molecule has 40 heavy (non-hydrogen) atoms. The minimum Gasteiger partial charge on any atom is -0.489 e. The molecule has 1 aliphatic heterocycles. The summed E-state index contributed by atoms with van der Waals surface area (Å²) in [7, 11) is 1.76. The molecule has 0 radical (unpaired) electrons. The second-order valence-electron chi connectivity index (χ2n) is 9.01. The normalized spacial score (nSPS) is 14.8. The number of anilines is 1. The number of alkyl halides is 3. The van der Waals surface area contributed by atoms with E-state index in [9.17, 15) is 18.0 Å². The minimum absolute atomic E-state index is 0.000952. The highest BCUT2D eigenvalue weighted by molar-refractivity contribution is 7.80. The number of H-pyrrole nitrogens is 1. The number of nitrogens with one attached hydrogen (secondary N) is 2. The maximum absolute atomic E-state index is 12.9. The van der Waals surface area contributed by atoms with Gasteiger partial charge in [-0.05, 0) is 48.0 Å². The zero-order valence-electron chi connectivity index (χ0n) is 21.1. The van der Waals surface area contributed by atoms with Gasteiger partial charge in [0.2, 0.25) is 5.82 Å². The average molecular weight is 562 g/mol.